The number of nitrogens with one attached hydrogen (secondary N) is 1. The first-order valence-corrected chi connectivity index (χ1v) is 8.87. The molecule has 2 rings (SSSR count). The highest BCUT2D eigenvalue weighted by Crippen LogP contribution is 2.25. The van der Waals surface area contributed by atoms with Crippen molar-refractivity contribution in [2.45, 2.75) is 38.4 Å². The average Bonchev–Trinajstić information content (AvgIpc) is 2.62. The third-order valence-electron chi connectivity index (χ3n) is 4.95. The van der Waals surface area contributed by atoms with Gasteiger partial charge in [0.15, 0.2) is 5.96 Å². The second kappa shape index (κ2) is 10.5. The van der Waals surface area contributed by atoms with Crippen LogP contribution in [0.3, 0.4) is 0 Å². The van der Waals surface area contributed by atoms with Gasteiger partial charge in [-0.05, 0) is 26.2 Å². The van der Waals surface area contributed by atoms with E-state index in [1.807, 2.05) is 9.80 Å². The summed E-state index contributed by atoms with van der Waals surface area (Å²) < 4.78 is 38.4. The zero-order chi connectivity index (χ0) is 18.4. The number of likely N-dealkylation sites (tertiary alicyclic amines) is 1. The first-order chi connectivity index (χ1) is 11.8. The Morgan fingerprint density at radius 2 is 1.62 bits per heavy atom. The molecule has 2 aliphatic rings. The molecule has 0 aromatic heterocycles. The number of carbonyl (C=O) groups is 1. The Hall–Kier alpha value is -0.780. The van der Waals surface area contributed by atoms with Crippen LogP contribution in [0.4, 0.5) is 13.2 Å². The van der Waals surface area contributed by atoms with Gasteiger partial charge >= 0.3 is 6.18 Å². The van der Waals surface area contributed by atoms with Crippen LogP contribution < -0.4 is 5.32 Å². The number of guanidine groups is 1. The predicted octanol–water partition coefficient (Wildman–Crippen LogP) is 1.76. The monoisotopic (exact) mass is 491 g/mol. The minimum Gasteiger partial charge on any atom is -0.347 e. The van der Waals surface area contributed by atoms with Crippen LogP contribution in [0.5, 0.6) is 0 Å². The molecule has 0 aliphatic carbocycles. The Kier molecular flexibility index (Phi) is 9.42. The molecule has 0 radical (unpaired) electrons. The fourth-order valence-corrected chi connectivity index (χ4v) is 3.27. The van der Waals surface area contributed by atoms with Crippen LogP contribution in [0, 0.1) is 0 Å². The van der Waals surface area contributed by atoms with E-state index in [1.54, 1.807) is 7.05 Å². The number of hydrogen-bond donors (Lipinski definition) is 1. The third-order valence-corrected chi connectivity index (χ3v) is 4.95. The molecule has 6 nitrogen and oxygen atoms in total. The van der Waals surface area contributed by atoms with Gasteiger partial charge < -0.3 is 15.1 Å². The van der Waals surface area contributed by atoms with Gasteiger partial charge in [0.2, 0.25) is 5.91 Å². The summed E-state index contributed by atoms with van der Waals surface area (Å²) in [6.45, 7) is 4.52. The fourth-order valence-electron chi connectivity index (χ4n) is 3.27. The van der Waals surface area contributed by atoms with Crippen LogP contribution in [-0.2, 0) is 4.79 Å². The number of aliphatic imine (C=N–C) groups is 1. The minimum absolute atomic E-state index is 0. The van der Waals surface area contributed by atoms with Crippen molar-refractivity contribution in [3.05, 3.63) is 0 Å². The summed E-state index contributed by atoms with van der Waals surface area (Å²) in [5.41, 5.74) is 0. The van der Waals surface area contributed by atoms with Gasteiger partial charge in [-0.2, -0.15) is 13.2 Å². The van der Waals surface area contributed by atoms with Crippen molar-refractivity contribution in [2.24, 2.45) is 4.99 Å². The van der Waals surface area contributed by atoms with Crippen LogP contribution in [-0.4, -0.2) is 91.6 Å². The summed E-state index contributed by atoms with van der Waals surface area (Å²) in [5.74, 6) is 0.620. The van der Waals surface area contributed by atoms with E-state index >= 15 is 0 Å². The standard InChI is InChI=1S/C16H28F3N5O.HI/c1-13(16(17,18)19)22-8-10-24(11-9-22)15(20-2)21-12-14(25)23-6-4-3-5-7-23;/h13H,3-12H2,1-2H3,(H,20,21);1H. The van der Waals surface area contributed by atoms with Crippen LogP contribution in [0.2, 0.25) is 0 Å². The smallest absolute Gasteiger partial charge is 0.347 e. The van der Waals surface area contributed by atoms with Gasteiger partial charge in [-0.3, -0.25) is 14.7 Å². The molecule has 2 aliphatic heterocycles. The summed E-state index contributed by atoms with van der Waals surface area (Å²) in [6.07, 6.45) is -0.956. The highest BCUT2D eigenvalue weighted by molar-refractivity contribution is 14.0. The molecule has 10 heteroatoms. The number of piperazine rings is 1. The van der Waals surface area contributed by atoms with E-state index in [1.165, 1.54) is 18.2 Å². The molecule has 1 amide bonds. The van der Waals surface area contributed by atoms with E-state index < -0.39 is 12.2 Å². The van der Waals surface area contributed by atoms with Crippen molar-refractivity contribution in [3.8, 4) is 0 Å². The SMILES string of the molecule is CN=C(NCC(=O)N1CCCCC1)N1CCN(C(C)C(F)(F)F)CC1.I. The number of alkyl halides is 3. The molecule has 2 fully saturated rings. The molecule has 2 saturated heterocycles. The van der Waals surface area contributed by atoms with Crippen molar-refractivity contribution in [3.63, 3.8) is 0 Å². The molecule has 0 aromatic carbocycles. The van der Waals surface area contributed by atoms with Crippen LogP contribution in [0.25, 0.3) is 0 Å². The number of amides is 1. The summed E-state index contributed by atoms with van der Waals surface area (Å²) in [7, 11) is 1.62. The van der Waals surface area contributed by atoms with Crippen LogP contribution in [0.1, 0.15) is 26.2 Å². The lowest BCUT2D eigenvalue weighted by molar-refractivity contribution is -0.181. The summed E-state index contributed by atoms with van der Waals surface area (Å²) >= 11 is 0. The highest BCUT2D eigenvalue weighted by atomic mass is 127. The van der Waals surface area contributed by atoms with Gasteiger partial charge in [0, 0.05) is 46.3 Å². The van der Waals surface area contributed by atoms with Gasteiger partial charge in [-0.15, -0.1) is 24.0 Å². The first kappa shape index (κ1) is 23.3. The summed E-state index contributed by atoms with van der Waals surface area (Å²) in [5, 5.41) is 3.05. The predicted molar refractivity (Wildman–Crippen MR) is 106 cm³/mol. The molecule has 0 bridgehead atoms. The zero-order valence-corrected chi connectivity index (χ0v) is 17.7. The molecule has 0 saturated carbocycles. The Morgan fingerprint density at radius 1 is 1.04 bits per heavy atom. The Labute approximate surface area is 170 Å². The number of halogens is 4. The summed E-state index contributed by atoms with van der Waals surface area (Å²) in [6, 6.07) is -1.44. The Bertz CT molecular complexity index is 475. The van der Waals surface area contributed by atoms with E-state index in [-0.39, 0.29) is 36.4 Å². The van der Waals surface area contributed by atoms with Crippen molar-refractivity contribution in [1.82, 2.24) is 20.0 Å². The first-order valence-electron chi connectivity index (χ1n) is 8.87. The fraction of sp³-hybridized carbons (Fsp3) is 0.875. The minimum atomic E-state index is -4.21. The number of nitrogens with zero attached hydrogens (tertiary/aromatic N) is 4. The van der Waals surface area contributed by atoms with E-state index in [2.05, 4.69) is 10.3 Å². The topological polar surface area (TPSA) is 51.2 Å². The maximum absolute atomic E-state index is 12.8. The third kappa shape index (κ3) is 6.43. The molecule has 0 spiro atoms. The molecule has 1 N–H and O–H groups in total. The zero-order valence-electron chi connectivity index (χ0n) is 15.4. The normalized spacial score (nSPS) is 21.2. The molecule has 0 aromatic rings. The molecular formula is C16H29F3IN5O. The van der Waals surface area contributed by atoms with Gasteiger partial charge in [-0.25, -0.2) is 0 Å². The Morgan fingerprint density at radius 3 is 2.12 bits per heavy atom. The molecule has 1 atom stereocenters. The maximum atomic E-state index is 12.8. The average molecular weight is 491 g/mol. The second-order valence-electron chi connectivity index (χ2n) is 6.58. The van der Waals surface area contributed by atoms with Crippen LogP contribution in [0.15, 0.2) is 4.99 Å². The lowest BCUT2D eigenvalue weighted by atomic mass is 10.1. The van der Waals surface area contributed by atoms with E-state index in [0.29, 0.717) is 32.1 Å². The van der Waals surface area contributed by atoms with Gasteiger partial charge in [0.25, 0.3) is 0 Å². The molecule has 152 valence electrons. The Balaban J connectivity index is 0.00000338. The molecular weight excluding hydrogens is 462 g/mol. The van der Waals surface area contributed by atoms with Crippen LogP contribution >= 0.6 is 24.0 Å². The van der Waals surface area contributed by atoms with E-state index in [9.17, 15) is 18.0 Å². The van der Waals surface area contributed by atoms with Crippen molar-refractivity contribution in [1.29, 1.82) is 0 Å². The van der Waals surface area contributed by atoms with Crippen molar-refractivity contribution >= 4 is 35.8 Å². The second-order valence-corrected chi connectivity index (χ2v) is 6.58. The van der Waals surface area contributed by atoms with E-state index in [4.69, 9.17) is 0 Å². The lowest BCUT2D eigenvalue weighted by Gasteiger charge is -2.39. The number of rotatable bonds is 3. The number of piperidine rings is 1. The van der Waals surface area contributed by atoms with Crippen molar-refractivity contribution < 1.29 is 18.0 Å². The maximum Gasteiger partial charge on any atom is 0.403 e. The van der Waals surface area contributed by atoms with Gasteiger partial charge in [0.1, 0.15) is 6.04 Å². The van der Waals surface area contributed by atoms with Gasteiger partial charge in [0.05, 0.1) is 6.54 Å². The molecule has 2 heterocycles. The quantitative estimate of drug-likeness (QED) is 0.372. The molecule has 26 heavy (non-hydrogen) atoms. The van der Waals surface area contributed by atoms with Gasteiger partial charge in [-0.1, -0.05) is 0 Å². The highest BCUT2D eigenvalue weighted by Gasteiger charge is 2.41. The largest absolute Gasteiger partial charge is 0.403 e. The van der Waals surface area contributed by atoms with E-state index in [0.717, 1.165) is 25.9 Å². The number of hydrogen-bond acceptors (Lipinski definition) is 3. The van der Waals surface area contributed by atoms with Crippen molar-refractivity contribution in [2.75, 3.05) is 52.9 Å². The summed E-state index contributed by atoms with van der Waals surface area (Å²) in [4.78, 5) is 21.6. The number of carbonyl (C=O) groups excluding carboxylic acids is 1. The lowest BCUT2D eigenvalue weighted by Crippen LogP contribution is -2.57. The molecule has 1 unspecified atom stereocenters.